The molecule has 1 amide bonds. The number of hydrogen-bond donors (Lipinski definition) is 0. The van der Waals surface area contributed by atoms with Crippen LogP contribution in [-0.2, 0) is 14.8 Å². The van der Waals surface area contributed by atoms with Crippen molar-refractivity contribution < 1.29 is 17.9 Å². The highest BCUT2D eigenvalue weighted by Gasteiger charge is 2.29. The molecule has 2 aromatic carbocycles. The summed E-state index contributed by atoms with van der Waals surface area (Å²) in [7, 11) is -1.90. The quantitative estimate of drug-likeness (QED) is 0.739. The van der Waals surface area contributed by atoms with Gasteiger partial charge in [0.1, 0.15) is 5.75 Å². The van der Waals surface area contributed by atoms with E-state index in [1.54, 1.807) is 48.4 Å². The van der Waals surface area contributed by atoms with Gasteiger partial charge < -0.3 is 9.64 Å². The van der Waals surface area contributed by atoms with Crippen LogP contribution < -0.4 is 4.74 Å². The molecule has 0 radical (unpaired) electrons. The largest absolute Gasteiger partial charge is 0.497 e. The van der Waals surface area contributed by atoms with E-state index >= 15 is 0 Å². The summed E-state index contributed by atoms with van der Waals surface area (Å²) in [6.07, 6.45) is 3.26. The Labute approximate surface area is 159 Å². The zero-order chi connectivity index (χ0) is 19.3. The van der Waals surface area contributed by atoms with Crippen LogP contribution in [0.25, 0.3) is 6.08 Å². The lowest BCUT2D eigenvalue weighted by Gasteiger charge is -2.33. The molecule has 0 spiro atoms. The number of nitrogens with zero attached hydrogens (tertiary/aromatic N) is 2. The molecule has 1 aliphatic heterocycles. The highest BCUT2D eigenvalue weighted by molar-refractivity contribution is 7.89. The summed E-state index contributed by atoms with van der Waals surface area (Å²) in [6.45, 7) is 1.33. The molecule has 2 aromatic rings. The number of amides is 1. The first-order valence-corrected chi connectivity index (χ1v) is 10.1. The average molecular weight is 386 g/mol. The zero-order valence-corrected chi connectivity index (χ0v) is 15.9. The third-order valence-corrected chi connectivity index (χ3v) is 6.38. The molecule has 0 bridgehead atoms. The third kappa shape index (κ3) is 4.56. The standard InChI is InChI=1S/C20H22N2O4S/c1-26-18-10-7-17(8-11-18)9-12-20(23)21-13-15-22(16-14-21)27(24,25)19-5-3-2-4-6-19/h2-12H,13-16H2,1H3/b12-9+. The molecule has 3 rings (SSSR count). The van der Waals surface area contributed by atoms with E-state index in [-0.39, 0.29) is 10.8 Å². The fraction of sp³-hybridized carbons (Fsp3) is 0.250. The van der Waals surface area contributed by atoms with Crippen LogP contribution in [0.15, 0.2) is 65.6 Å². The normalized spacial score (nSPS) is 15.8. The first kappa shape index (κ1) is 19.1. The van der Waals surface area contributed by atoms with E-state index < -0.39 is 10.0 Å². The van der Waals surface area contributed by atoms with Crippen LogP contribution >= 0.6 is 0 Å². The van der Waals surface area contributed by atoms with Crippen molar-refractivity contribution in [3.8, 4) is 5.75 Å². The predicted octanol–water partition coefficient (Wildman–Crippen LogP) is 2.24. The molecule has 1 saturated heterocycles. The van der Waals surface area contributed by atoms with E-state index in [9.17, 15) is 13.2 Å². The van der Waals surface area contributed by atoms with Gasteiger partial charge in [-0.1, -0.05) is 30.3 Å². The van der Waals surface area contributed by atoms with E-state index in [1.165, 1.54) is 10.4 Å². The maximum atomic E-state index is 12.6. The highest BCUT2D eigenvalue weighted by Crippen LogP contribution is 2.17. The van der Waals surface area contributed by atoms with Crippen LogP contribution in [0.5, 0.6) is 5.75 Å². The highest BCUT2D eigenvalue weighted by atomic mass is 32.2. The molecule has 0 aromatic heterocycles. The lowest BCUT2D eigenvalue weighted by molar-refractivity contribution is -0.127. The van der Waals surface area contributed by atoms with Gasteiger partial charge in [-0.3, -0.25) is 4.79 Å². The minimum absolute atomic E-state index is 0.123. The van der Waals surface area contributed by atoms with Crippen LogP contribution in [0.3, 0.4) is 0 Å². The van der Waals surface area contributed by atoms with Gasteiger partial charge in [-0.2, -0.15) is 4.31 Å². The molecular formula is C20H22N2O4S. The van der Waals surface area contributed by atoms with Crippen LogP contribution in [0.2, 0.25) is 0 Å². The van der Waals surface area contributed by atoms with E-state index in [0.29, 0.717) is 26.2 Å². The minimum Gasteiger partial charge on any atom is -0.497 e. The molecule has 1 fully saturated rings. The topological polar surface area (TPSA) is 66.9 Å². The number of rotatable bonds is 5. The molecule has 0 atom stereocenters. The Kier molecular flexibility index (Phi) is 5.93. The van der Waals surface area contributed by atoms with Crippen molar-refractivity contribution in [3.05, 3.63) is 66.2 Å². The fourth-order valence-electron chi connectivity index (χ4n) is 2.88. The number of hydrogen-bond acceptors (Lipinski definition) is 4. The molecule has 0 N–H and O–H groups in total. The monoisotopic (exact) mass is 386 g/mol. The predicted molar refractivity (Wildman–Crippen MR) is 104 cm³/mol. The average Bonchev–Trinajstić information content (AvgIpc) is 2.73. The smallest absolute Gasteiger partial charge is 0.246 e. The third-order valence-electron chi connectivity index (χ3n) is 4.47. The number of carbonyl (C=O) groups excluding carboxylic acids is 1. The Morgan fingerprint density at radius 3 is 2.19 bits per heavy atom. The Bertz CT molecular complexity index is 901. The van der Waals surface area contributed by atoms with Gasteiger partial charge in [-0.25, -0.2) is 8.42 Å². The first-order chi connectivity index (χ1) is 13.0. The van der Waals surface area contributed by atoms with Gasteiger partial charge in [0.05, 0.1) is 12.0 Å². The van der Waals surface area contributed by atoms with Gasteiger partial charge in [-0.05, 0) is 35.9 Å². The van der Waals surface area contributed by atoms with Gasteiger partial charge >= 0.3 is 0 Å². The van der Waals surface area contributed by atoms with Crippen molar-refractivity contribution in [2.24, 2.45) is 0 Å². The second-order valence-corrected chi connectivity index (χ2v) is 8.09. The van der Waals surface area contributed by atoms with Crippen molar-refractivity contribution in [3.63, 3.8) is 0 Å². The van der Waals surface area contributed by atoms with Gasteiger partial charge in [0.2, 0.25) is 15.9 Å². The molecule has 142 valence electrons. The Balaban J connectivity index is 1.58. The van der Waals surface area contributed by atoms with Crippen molar-refractivity contribution in [2.45, 2.75) is 4.90 Å². The van der Waals surface area contributed by atoms with Crippen molar-refractivity contribution >= 4 is 22.0 Å². The second kappa shape index (κ2) is 8.37. The van der Waals surface area contributed by atoms with E-state index in [0.717, 1.165) is 11.3 Å². The van der Waals surface area contributed by atoms with Gasteiger partial charge in [-0.15, -0.1) is 0 Å². The molecule has 6 nitrogen and oxygen atoms in total. The summed E-state index contributed by atoms with van der Waals surface area (Å²) in [4.78, 5) is 14.3. The van der Waals surface area contributed by atoms with Crippen LogP contribution in [-0.4, -0.2) is 56.8 Å². The SMILES string of the molecule is COc1ccc(/C=C/C(=O)N2CCN(S(=O)(=O)c3ccccc3)CC2)cc1. The van der Waals surface area contributed by atoms with E-state index in [4.69, 9.17) is 4.74 Å². The fourth-order valence-corrected chi connectivity index (χ4v) is 4.32. The first-order valence-electron chi connectivity index (χ1n) is 8.67. The van der Waals surface area contributed by atoms with Crippen molar-refractivity contribution in [1.29, 1.82) is 0 Å². The Morgan fingerprint density at radius 2 is 1.59 bits per heavy atom. The number of carbonyl (C=O) groups is 1. The lowest BCUT2D eigenvalue weighted by atomic mass is 10.2. The van der Waals surface area contributed by atoms with Crippen LogP contribution in [0.4, 0.5) is 0 Å². The van der Waals surface area contributed by atoms with Crippen LogP contribution in [0, 0.1) is 0 Å². The molecule has 27 heavy (non-hydrogen) atoms. The molecular weight excluding hydrogens is 364 g/mol. The maximum Gasteiger partial charge on any atom is 0.246 e. The van der Waals surface area contributed by atoms with E-state index in [1.807, 2.05) is 24.3 Å². The molecule has 0 aliphatic carbocycles. The Hall–Kier alpha value is -2.64. The van der Waals surface area contributed by atoms with Crippen LogP contribution in [0.1, 0.15) is 5.56 Å². The van der Waals surface area contributed by atoms with Crippen molar-refractivity contribution in [1.82, 2.24) is 9.21 Å². The summed E-state index contributed by atoms with van der Waals surface area (Å²) < 4.78 is 31.8. The zero-order valence-electron chi connectivity index (χ0n) is 15.1. The summed E-state index contributed by atoms with van der Waals surface area (Å²) in [5.41, 5.74) is 0.898. The van der Waals surface area contributed by atoms with E-state index in [2.05, 4.69) is 0 Å². The molecule has 0 unspecified atom stereocenters. The van der Waals surface area contributed by atoms with Gasteiger partial charge in [0.15, 0.2) is 0 Å². The molecule has 0 saturated carbocycles. The van der Waals surface area contributed by atoms with Gasteiger partial charge in [0, 0.05) is 32.3 Å². The maximum absolute atomic E-state index is 12.6. The Morgan fingerprint density at radius 1 is 0.963 bits per heavy atom. The number of benzene rings is 2. The van der Waals surface area contributed by atoms with Gasteiger partial charge in [0.25, 0.3) is 0 Å². The minimum atomic E-state index is -3.51. The summed E-state index contributed by atoms with van der Waals surface area (Å²) in [5, 5.41) is 0. The molecule has 7 heteroatoms. The second-order valence-electron chi connectivity index (χ2n) is 6.15. The lowest BCUT2D eigenvalue weighted by Crippen LogP contribution is -2.50. The molecule has 1 aliphatic rings. The number of ether oxygens (including phenoxy) is 1. The number of sulfonamides is 1. The summed E-state index contributed by atoms with van der Waals surface area (Å²) >= 11 is 0. The summed E-state index contributed by atoms with van der Waals surface area (Å²) in [5.74, 6) is 0.636. The van der Waals surface area contributed by atoms with Crippen molar-refractivity contribution in [2.75, 3.05) is 33.3 Å². The summed E-state index contributed by atoms with van der Waals surface area (Å²) in [6, 6.07) is 15.8. The number of piperazine rings is 1. The molecule has 1 heterocycles. The number of methoxy groups -OCH3 is 1.